The van der Waals surface area contributed by atoms with E-state index >= 15 is 0 Å². The molecule has 0 saturated carbocycles. The number of aromatic nitrogens is 3. The third-order valence-corrected chi connectivity index (χ3v) is 5.62. The molecule has 4 rings (SSSR count). The Hall–Kier alpha value is -3.89. The van der Waals surface area contributed by atoms with Crippen LogP contribution in [0.1, 0.15) is 5.56 Å². The Balaban J connectivity index is 1.48. The van der Waals surface area contributed by atoms with E-state index in [9.17, 15) is 13.9 Å². The number of nitrogens with zero attached hydrogens (tertiary/aromatic N) is 4. The van der Waals surface area contributed by atoms with E-state index in [2.05, 4.69) is 20.7 Å². The summed E-state index contributed by atoms with van der Waals surface area (Å²) < 4.78 is 29.6. The molecule has 180 valence electrons. The summed E-state index contributed by atoms with van der Waals surface area (Å²) in [4.78, 5) is 5.67. The molecule has 0 aliphatic carbocycles. The van der Waals surface area contributed by atoms with Crippen LogP contribution in [0, 0.1) is 11.6 Å². The number of thiocarbonyl (C=S) groups is 1. The van der Waals surface area contributed by atoms with Gasteiger partial charge in [0.1, 0.15) is 29.9 Å². The minimum absolute atomic E-state index is 0.0101. The van der Waals surface area contributed by atoms with Gasteiger partial charge in [-0.1, -0.05) is 24.3 Å². The third-order valence-electron chi connectivity index (χ3n) is 5.42. The zero-order valence-electron chi connectivity index (χ0n) is 18.9. The van der Waals surface area contributed by atoms with E-state index in [1.54, 1.807) is 11.9 Å². The van der Waals surface area contributed by atoms with E-state index < -0.39 is 17.2 Å². The smallest absolute Gasteiger partial charge is 0.175 e. The van der Waals surface area contributed by atoms with Crippen LogP contribution in [0.3, 0.4) is 0 Å². The number of benzene rings is 3. The van der Waals surface area contributed by atoms with E-state index in [0.29, 0.717) is 5.11 Å². The van der Waals surface area contributed by atoms with Crippen molar-refractivity contribution in [3.63, 3.8) is 0 Å². The third kappa shape index (κ3) is 6.17. The monoisotopic (exact) mass is 494 g/mol. The molecule has 7 nitrogen and oxygen atoms in total. The Morgan fingerprint density at radius 1 is 1.03 bits per heavy atom. The molecule has 0 bridgehead atoms. The molecular formula is C25H24F2N6OS. The van der Waals surface area contributed by atoms with Gasteiger partial charge in [-0.2, -0.15) is 5.10 Å². The largest absolute Gasteiger partial charge is 0.381 e. The van der Waals surface area contributed by atoms with Crippen LogP contribution in [0.25, 0.3) is 0 Å². The van der Waals surface area contributed by atoms with Crippen molar-refractivity contribution < 1.29 is 13.9 Å². The molecule has 0 spiro atoms. The maximum Gasteiger partial charge on any atom is 0.175 e. The summed E-state index contributed by atoms with van der Waals surface area (Å²) in [6, 6.07) is 20.1. The Bertz CT molecular complexity index is 1270. The van der Waals surface area contributed by atoms with Gasteiger partial charge in [0.05, 0.1) is 13.1 Å². The minimum atomic E-state index is -1.71. The summed E-state index contributed by atoms with van der Waals surface area (Å²) in [6.07, 6.45) is 2.76. The number of para-hydroxylation sites is 1. The van der Waals surface area contributed by atoms with Crippen LogP contribution in [0.5, 0.6) is 0 Å². The summed E-state index contributed by atoms with van der Waals surface area (Å²) in [7, 11) is 1.78. The highest BCUT2D eigenvalue weighted by Crippen LogP contribution is 2.29. The van der Waals surface area contributed by atoms with E-state index in [-0.39, 0.29) is 18.7 Å². The number of aliphatic hydroxyl groups is 1. The number of nitrogens with one attached hydrogen (secondary N) is 2. The van der Waals surface area contributed by atoms with Gasteiger partial charge in [0.15, 0.2) is 5.11 Å². The maximum atomic E-state index is 14.7. The molecule has 1 aromatic heterocycles. The lowest BCUT2D eigenvalue weighted by molar-refractivity contribution is 0.0195. The molecule has 3 N–H and O–H groups in total. The summed E-state index contributed by atoms with van der Waals surface area (Å²) >= 11 is 5.36. The SMILES string of the molecule is CN(CC(O)(Cn1cncn1)c1ccc(F)cc1F)c1ccc(NC(=S)Nc2ccccc2)cc1. The number of halogens is 2. The molecule has 1 unspecified atom stereocenters. The van der Waals surface area contributed by atoms with E-state index in [1.165, 1.54) is 23.4 Å². The lowest BCUT2D eigenvalue weighted by atomic mass is 9.92. The Labute approximate surface area is 207 Å². The molecule has 0 saturated heterocycles. The van der Waals surface area contributed by atoms with Gasteiger partial charge < -0.3 is 20.6 Å². The fraction of sp³-hybridized carbons (Fsp3) is 0.160. The van der Waals surface area contributed by atoms with Gasteiger partial charge in [0.25, 0.3) is 0 Å². The summed E-state index contributed by atoms with van der Waals surface area (Å²) in [6.45, 7) is -0.0604. The van der Waals surface area contributed by atoms with Gasteiger partial charge in [-0.05, 0) is 54.7 Å². The molecule has 0 aliphatic heterocycles. The average Bonchev–Trinajstić information content (AvgIpc) is 3.32. The molecule has 0 fully saturated rings. The molecule has 3 aromatic carbocycles. The van der Waals surface area contributed by atoms with Crippen molar-refractivity contribution in [2.24, 2.45) is 0 Å². The first-order chi connectivity index (χ1) is 16.8. The number of rotatable bonds is 8. The number of anilines is 3. The molecule has 0 radical (unpaired) electrons. The van der Waals surface area contributed by atoms with Crippen molar-refractivity contribution in [1.82, 2.24) is 14.8 Å². The summed E-state index contributed by atoms with van der Waals surface area (Å²) in [5.74, 6) is -1.55. The second-order valence-corrected chi connectivity index (χ2v) is 8.51. The van der Waals surface area contributed by atoms with Gasteiger partial charge in [0.2, 0.25) is 0 Å². The maximum absolute atomic E-state index is 14.7. The highest BCUT2D eigenvalue weighted by atomic mass is 32.1. The first-order valence-electron chi connectivity index (χ1n) is 10.8. The van der Waals surface area contributed by atoms with Crippen molar-refractivity contribution in [2.45, 2.75) is 12.1 Å². The predicted octanol–water partition coefficient (Wildman–Crippen LogP) is 4.39. The van der Waals surface area contributed by atoms with Crippen LogP contribution >= 0.6 is 12.2 Å². The highest BCUT2D eigenvalue weighted by Gasteiger charge is 2.35. The highest BCUT2D eigenvalue weighted by molar-refractivity contribution is 7.80. The van der Waals surface area contributed by atoms with Crippen LogP contribution in [0.4, 0.5) is 25.8 Å². The van der Waals surface area contributed by atoms with E-state index in [0.717, 1.165) is 29.2 Å². The van der Waals surface area contributed by atoms with Gasteiger partial charge in [-0.3, -0.25) is 0 Å². The molecule has 4 aromatic rings. The molecule has 35 heavy (non-hydrogen) atoms. The van der Waals surface area contributed by atoms with Crippen LogP contribution in [0.2, 0.25) is 0 Å². The molecule has 10 heteroatoms. The average molecular weight is 495 g/mol. The second kappa shape index (κ2) is 10.6. The van der Waals surface area contributed by atoms with Crippen LogP contribution in [-0.2, 0) is 12.1 Å². The van der Waals surface area contributed by atoms with Crippen molar-refractivity contribution in [1.29, 1.82) is 0 Å². The van der Waals surface area contributed by atoms with Crippen LogP contribution in [-0.4, -0.2) is 38.6 Å². The molecule has 1 heterocycles. The zero-order chi connectivity index (χ0) is 24.8. The van der Waals surface area contributed by atoms with Crippen molar-refractivity contribution >= 4 is 34.4 Å². The topological polar surface area (TPSA) is 78.2 Å². The lowest BCUT2D eigenvalue weighted by Crippen LogP contribution is -2.43. The number of hydrogen-bond acceptors (Lipinski definition) is 5. The first-order valence-corrected chi connectivity index (χ1v) is 11.2. The minimum Gasteiger partial charge on any atom is -0.381 e. The van der Waals surface area contributed by atoms with Gasteiger partial charge in [-0.15, -0.1) is 0 Å². The number of hydrogen-bond donors (Lipinski definition) is 3. The zero-order valence-corrected chi connectivity index (χ0v) is 19.7. The van der Waals surface area contributed by atoms with Crippen molar-refractivity contribution in [2.75, 3.05) is 29.1 Å². The Morgan fingerprint density at radius 2 is 1.71 bits per heavy atom. The van der Waals surface area contributed by atoms with Crippen LogP contribution in [0.15, 0.2) is 85.5 Å². The van der Waals surface area contributed by atoms with Crippen molar-refractivity contribution in [3.8, 4) is 0 Å². The normalized spacial score (nSPS) is 12.6. The van der Waals surface area contributed by atoms with Crippen LogP contribution < -0.4 is 15.5 Å². The molecular weight excluding hydrogens is 470 g/mol. The van der Waals surface area contributed by atoms with Gasteiger partial charge in [-0.25, -0.2) is 18.4 Å². The van der Waals surface area contributed by atoms with E-state index in [1.807, 2.05) is 54.6 Å². The summed E-state index contributed by atoms with van der Waals surface area (Å²) in [5.41, 5.74) is 0.686. The van der Waals surface area contributed by atoms with Gasteiger partial charge >= 0.3 is 0 Å². The lowest BCUT2D eigenvalue weighted by Gasteiger charge is -2.34. The standard InChI is InChI=1S/C25H24F2N6OS/c1-32(21-10-8-20(9-11-21)31-24(35)30-19-5-3-2-4-6-19)14-25(34,15-33-17-28-16-29-33)22-12-7-18(26)13-23(22)27/h2-13,16-17,34H,14-15H2,1H3,(H2,30,31,35). The van der Waals surface area contributed by atoms with Crippen molar-refractivity contribution in [3.05, 3.63) is 103 Å². The predicted molar refractivity (Wildman–Crippen MR) is 136 cm³/mol. The first kappa shape index (κ1) is 24.2. The Morgan fingerprint density at radius 3 is 2.34 bits per heavy atom. The fourth-order valence-corrected chi connectivity index (χ4v) is 4.00. The Kier molecular flexibility index (Phi) is 7.33. The summed E-state index contributed by atoms with van der Waals surface area (Å²) in [5, 5.41) is 22.2. The number of likely N-dealkylation sites (N-methyl/N-ethyl adjacent to an activating group) is 1. The fourth-order valence-electron chi connectivity index (χ4n) is 3.77. The quantitative estimate of drug-likeness (QED) is 0.314. The van der Waals surface area contributed by atoms with Gasteiger partial charge in [0, 0.05) is 35.7 Å². The molecule has 0 aliphatic rings. The molecule has 0 amide bonds. The molecule has 1 atom stereocenters. The van der Waals surface area contributed by atoms with E-state index in [4.69, 9.17) is 12.2 Å². The second-order valence-electron chi connectivity index (χ2n) is 8.10.